The van der Waals surface area contributed by atoms with Gasteiger partial charge in [-0.25, -0.2) is 0 Å². The van der Waals surface area contributed by atoms with Gasteiger partial charge in [0.15, 0.2) is 11.4 Å². The van der Waals surface area contributed by atoms with E-state index in [1.165, 1.54) is 0 Å². The van der Waals surface area contributed by atoms with Crippen LogP contribution >= 0.6 is 15.9 Å². The summed E-state index contributed by atoms with van der Waals surface area (Å²) in [7, 11) is 0. The van der Waals surface area contributed by atoms with Crippen molar-refractivity contribution in [3.8, 4) is 0 Å². The predicted molar refractivity (Wildman–Crippen MR) is 105 cm³/mol. The zero-order chi connectivity index (χ0) is 18.9. The van der Waals surface area contributed by atoms with Gasteiger partial charge in [-0.2, -0.15) is 0 Å². The molecule has 1 aliphatic heterocycles. The van der Waals surface area contributed by atoms with Gasteiger partial charge in [0.25, 0.3) is 5.91 Å². The van der Waals surface area contributed by atoms with E-state index in [1.807, 2.05) is 38.1 Å². The summed E-state index contributed by atoms with van der Waals surface area (Å²) >= 11 is 3.40. The Morgan fingerprint density at radius 3 is 2.46 bits per heavy atom. The molecule has 1 aliphatic rings. The lowest BCUT2D eigenvalue weighted by molar-refractivity contribution is -0.135. The topological polar surface area (TPSA) is 57.6 Å². The third kappa shape index (κ3) is 3.21. The molecule has 3 rings (SSSR count). The molecule has 26 heavy (non-hydrogen) atoms. The van der Waals surface area contributed by atoms with Crippen molar-refractivity contribution in [1.82, 2.24) is 0 Å². The van der Waals surface area contributed by atoms with Crippen molar-refractivity contribution in [3.63, 3.8) is 0 Å². The van der Waals surface area contributed by atoms with E-state index in [-0.39, 0.29) is 12.2 Å². The maximum atomic E-state index is 13.0. The summed E-state index contributed by atoms with van der Waals surface area (Å²) in [5.41, 5.74) is 0.990. The summed E-state index contributed by atoms with van der Waals surface area (Å²) in [5.74, 6) is -0.668. The lowest BCUT2D eigenvalue weighted by Gasteiger charge is -2.22. The average molecular weight is 416 g/mol. The van der Waals surface area contributed by atoms with Gasteiger partial charge in [-0.15, -0.1) is 0 Å². The Kier molecular flexibility index (Phi) is 5.30. The number of aryl methyl sites for hydroxylation is 1. The van der Waals surface area contributed by atoms with E-state index in [9.17, 15) is 14.7 Å². The summed E-state index contributed by atoms with van der Waals surface area (Å²) in [5, 5.41) is 11.2. The number of halogens is 1. The maximum Gasteiger partial charge on any atom is 0.264 e. The molecule has 1 amide bonds. The van der Waals surface area contributed by atoms with Crippen LogP contribution in [0, 0.1) is 0 Å². The second kappa shape index (κ2) is 7.33. The molecule has 0 fully saturated rings. The highest BCUT2D eigenvalue weighted by molar-refractivity contribution is 9.10. The first kappa shape index (κ1) is 18.8. The number of Topliss-reactive ketones (excluding diaryl/α,β-unsaturated/α-hetero) is 1. The van der Waals surface area contributed by atoms with E-state index in [0.717, 1.165) is 22.9 Å². The van der Waals surface area contributed by atoms with Crippen LogP contribution in [0.3, 0.4) is 0 Å². The third-order valence-corrected chi connectivity index (χ3v) is 5.33. The number of ketones is 1. The first-order valence-electron chi connectivity index (χ1n) is 8.87. The molecule has 1 unspecified atom stereocenters. The van der Waals surface area contributed by atoms with Crippen LogP contribution in [0.15, 0.2) is 46.9 Å². The smallest absolute Gasteiger partial charge is 0.264 e. The average Bonchev–Trinajstić information content (AvgIpc) is 2.84. The Morgan fingerprint density at radius 2 is 1.85 bits per heavy atom. The molecule has 0 saturated heterocycles. The molecular weight excluding hydrogens is 394 g/mol. The van der Waals surface area contributed by atoms with Gasteiger partial charge in [0.2, 0.25) is 0 Å². The number of anilines is 1. The molecule has 0 spiro atoms. The van der Waals surface area contributed by atoms with Gasteiger partial charge in [-0.05, 0) is 36.6 Å². The van der Waals surface area contributed by atoms with Crippen molar-refractivity contribution in [2.45, 2.75) is 38.7 Å². The lowest BCUT2D eigenvalue weighted by atomic mass is 9.88. The van der Waals surface area contributed by atoms with Crippen molar-refractivity contribution in [2.75, 3.05) is 11.4 Å². The molecule has 0 aliphatic carbocycles. The van der Waals surface area contributed by atoms with Gasteiger partial charge in [0.1, 0.15) is 0 Å². The van der Waals surface area contributed by atoms with Crippen LogP contribution in [0.1, 0.15) is 48.2 Å². The van der Waals surface area contributed by atoms with Crippen molar-refractivity contribution in [1.29, 1.82) is 0 Å². The standard InChI is InChI=1S/C21H22BrNO3/c1-3-11-23-18-10-9-16(22)12-17(18)21(26,20(23)25)13-19(24)15-7-5-14(4-2)6-8-15/h5-10,12,26H,3-4,11,13H2,1-2H3. The second-order valence-electron chi connectivity index (χ2n) is 6.63. The Labute approximate surface area is 162 Å². The fourth-order valence-corrected chi connectivity index (χ4v) is 3.76. The number of hydrogen-bond acceptors (Lipinski definition) is 3. The molecule has 0 saturated carbocycles. The van der Waals surface area contributed by atoms with Crippen molar-refractivity contribution >= 4 is 33.3 Å². The summed E-state index contributed by atoms with van der Waals surface area (Å²) < 4.78 is 0.764. The Balaban J connectivity index is 1.96. The molecule has 1 heterocycles. The van der Waals surface area contributed by atoms with Crippen LogP contribution in [-0.4, -0.2) is 23.3 Å². The van der Waals surface area contributed by atoms with Crippen molar-refractivity contribution in [3.05, 3.63) is 63.6 Å². The zero-order valence-electron chi connectivity index (χ0n) is 15.0. The van der Waals surface area contributed by atoms with Crippen LogP contribution in [0.25, 0.3) is 0 Å². The Hall–Kier alpha value is -1.98. The monoisotopic (exact) mass is 415 g/mol. The molecule has 4 nitrogen and oxygen atoms in total. The van der Waals surface area contributed by atoms with Crippen molar-refractivity contribution in [2.24, 2.45) is 0 Å². The SMILES string of the molecule is CCCN1C(=O)C(O)(CC(=O)c2ccc(CC)cc2)c2cc(Br)ccc21. The van der Waals surface area contributed by atoms with Crippen molar-refractivity contribution < 1.29 is 14.7 Å². The zero-order valence-corrected chi connectivity index (χ0v) is 16.5. The van der Waals surface area contributed by atoms with E-state index in [4.69, 9.17) is 0 Å². The van der Waals surface area contributed by atoms with Gasteiger partial charge in [0, 0.05) is 22.1 Å². The van der Waals surface area contributed by atoms with E-state index < -0.39 is 11.5 Å². The largest absolute Gasteiger partial charge is 0.375 e. The third-order valence-electron chi connectivity index (χ3n) is 4.84. The van der Waals surface area contributed by atoms with E-state index in [0.29, 0.717) is 23.4 Å². The number of hydrogen-bond donors (Lipinski definition) is 1. The highest BCUT2D eigenvalue weighted by Crippen LogP contribution is 2.44. The number of carbonyl (C=O) groups is 2. The fourth-order valence-electron chi connectivity index (χ4n) is 3.40. The summed E-state index contributed by atoms with van der Waals surface area (Å²) in [6, 6.07) is 12.7. The van der Waals surface area contributed by atoms with E-state index in [1.54, 1.807) is 23.1 Å². The molecular formula is C21H22BrNO3. The molecule has 0 radical (unpaired) electrons. The fraction of sp³-hybridized carbons (Fsp3) is 0.333. The van der Waals surface area contributed by atoms with E-state index >= 15 is 0 Å². The van der Waals surface area contributed by atoms with Gasteiger partial charge in [-0.3, -0.25) is 9.59 Å². The predicted octanol–water partition coefficient (Wildman–Crippen LogP) is 4.23. The van der Waals surface area contributed by atoms with E-state index in [2.05, 4.69) is 15.9 Å². The summed E-state index contributed by atoms with van der Waals surface area (Å²) in [6.45, 7) is 4.53. The summed E-state index contributed by atoms with van der Waals surface area (Å²) in [4.78, 5) is 27.3. The lowest BCUT2D eigenvalue weighted by Crippen LogP contribution is -2.42. The normalized spacial score (nSPS) is 18.9. The van der Waals surface area contributed by atoms with Gasteiger partial charge >= 0.3 is 0 Å². The number of fused-ring (bicyclic) bond motifs is 1. The second-order valence-corrected chi connectivity index (χ2v) is 7.54. The summed E-state index contributed by atoms with van der Waals surface area (Å²) in [6.07, 6.45) is 1.40. The molecule has 5 heteroatoms. The first-order valence-corrected chi connectivity index (χ1v) is 9.66. The first-order chi connectivity index (χ1) is 12.4. The van der Waals surface area contributed by atoms with Crippen LogP contribution in [0.2, 0.25) is 0 Å². The highest BCUT2D eigenvalue weighted by Gasteiger charge is 2.50. The molecule has 0 bridgehead atoms. The minimum absolute atomic E-state index is 0.243. The minimum Gasteiger partial charge on any atom is -0.375 e. The quantitative estimate of drug-likeness (QED) is 0.718. The van der Waals surface area contributed by atoms with Crippen LogP contribution < -0.4 is 4.90 Å². The molecule has 136 valence electrons. The number of carbonyl (C=O) groups excluding carboxylic acids is 2. The number of nitrogens with zero attached hydrogens (tertiary/aromatic N) is 1. The highest BCUT2D eigenvalue weighted by atomic mass is 79.9. The maximum absolute atomic E-state index is 13.0. The van der Waals surface area contributed by atoms with Crippen LogP contribution in [0.5, 0.6) is 0 Å². The number of aliphatic hydroxyl groups is 1. The molecule has 1 atom stereocenters. The number of benzene rings is 2. The van der Waals surface area contributed by atoms with Crippen LogP contribution in [0.4, 0.5) is 5.69 Å². The number of amides is 1. The van der Waals surface area contributed by atoms with Crippen LogP contribution in [-0.2, 0) is 16.8 Å². The van der Waals surface area contributed by atoms with Gasteiger partial charge in [0.05, 0.1) is 12.1 Å². The molecule has 2 aromatic rings. The van der Waals surface area contributed by atoms with Gasteiger partial charge in [-0.1, -0.05) is 54.0 Å². The molecule has 1 N–H and O–H groups in total. The van der Waals surface area contributed by atoms with Gasteiger partial charge < -0.3 is 10.0 Å². The molecule has 2 aromatic carbocycles. The minimum atomic E-state index is -1.82. The number of rotatable bonds is 6. The Morgan fingerprint density at radius 1 is 1.15 bits per heavy atom. The molecule has 0 aromatic heterocycles. The Bertz CT molecular complexity index is 847.